The Morgan fingerprint density at radius 3 is 2.94 bits per heavy atom. The van der Waals surface area contributed by atoms with Gasteiger partial charge in [0.2, 0.25) is 0 Å². The molecule has 8 heteroatoms. The third-order valence-electron chi connectivity index (χ3n) is 2.21. The Labute approximate surface area is 98.6 Å². The van der Waals surface area contributed by atoms with Crippen molar-refractivity contribution in [3.8, 4) is 0 Å². The van der Waals surface area contributed by atoms with Crippen LogP contribution in [0.2, 0.25) is 0 Å². The topological polar surface area (TPSA) is 101 Å². The molecule has 0 aliphatic rings. The smallest absolute Gasteiger partial charge is 0.182 e. The Bertz CT molecular complexity index is 607. The van der Waals surface area contributed by atoms with Crippen molar-refractivity contribution in [2.24, 2.45) is 0 Å². The highest BCUT2D eigenvalue weighted by Gasteiger charge is 2.05. The summed E-state index contributed by atoms with van der Waals surface area (Å²) in [6.45, 7) is 0.540. The number of aromatic nitrogens is 4. The normalized spacial score (nSPS) is 11.8. The van der Waals surface area contributed by atoms with Gasteiger partial charge < -0.3 is 10.3 Å². The third kappa shape index (κ3) is 3.13. The van der Waals surface area contributed by atoms with Gasteiger partial charge in [-0.05, 0) is 6.42 Å². The summed E-state index contributed by atoms with van der Waals surface area (Å²) >= 11 is 0. The van der Waals surface area contributed by atoms with Crippen LogP contribution in [0.4, 0.5) is 5.82 Å². The summed E-state index contributed by atoms with van der Waals surface area (Å²) in [6, 6.07) is 0. The fourth-order valence-corrected chi connectivity index (χ4v) is 2.11. The average molecular weight is 255 g/mol. The summed E-state index contributed by atoms with van der Waals surface area (Å²) in [4.78, 5) is 15.0. The summed E-state index contributed by atoms with van der Waals surface area (Å²) < 4.78 is 21.9. The molecule has 0 saturated heterocycles. The molecule has 0 bridgehead atoms. The summed E-state index contributed by atoms with van der Waals surface area (Å²) in [7, 11) is -2.90. The molecule has 0 aliphatic heterocycles. The Hall–Kier alpha value is -1.70. The van der Waals surface area contributed by atoms with Crippen LogP contribution < -0.4 is 5.32 Å². The second-order valence-electron chi connectivity index (χ2n) is 3.73. The highest BCUT2D eigenvalue weighted by molar-refractivity contribution is 7.90. The number of nitrogens with zero attached hydrogens (tertiary/aromatic N) is 3. The Morgan fingerprint density at radius 2 is 2.18 bits per heavy atom. The molecule has 0 amide bonds. The highest BCUT2D eigenvalue weighted by Crippen LogP contribution is 2.13. The number of imidazole rings is 1. The standard InChI is InChI=1S/C9H13N5O2S/c1-17(15,16)4-2-3-10-8-7-9(12-5-11-7)14-6-13-8/h5-6H,2-4H2,1H3,(H2,10,11,12,13,14). The molecule has 0 fully saturated rings. The van der Waals surface area contributed by atoms with Crippen molar-refractivity contribution in [2.45, 2.75) is 6.42 Å². The van der Waals surface area contributed by atoms with Crippen molar-refractivity contribution >= 4 is 26.8 Å². The number of aromatic amines is 1. The maximum atomic E-state index is 10.9. The zero-order valence-corrected chi connectivity index (χ0v) is 10.2. The van der Waals surface area contributed by atoms with Gasteiger partial charge in [-0.2, -0.15) is 0 Å². The van der Waals surface area contributed by atoms with E-state index in [0.29, 0.717) is 24.4 Å². The summed E-state index contributed by atoms with van der Waals surface area (Å²) in [5.74, 6) is 0.804. The molecule has 2 N–H and O–H groups in total. The van der Waals surface area contributed by atoms with Crippen LogP contribution in [0.15, 0.2) is 12.7 Å². The maximum Gasteiger partial charge on any atom is 0.182 e. The molecular formula is C9H13N5O2S. The van der Waals surface area contributed by atoms with E-state index in [-0.39, 0.29) is 5.75 Å². The highest BCUT2D eigenvalue weighted by atomic mass is 32.2. The largest absolute Gasteiger partial charge is 0.368 e. The first-order valence-electron chi connectivity index (χ1n) is 5.12. The zero-order chi connectivity index (χ0) is 12.3. The molecule has 7 nitrogen and oxygen atoms in total. The lowest BCUT2D eigenvalue weighted by Crippen LogP contribution is -2.10. The van der Waals surface area contributed by atoms with E-state index in [2.05, 4.69) is 25.3 Å². The molecule has 2 heterocycles. The van der Waals surface area contributed by atoms with E-state index in [1.165, 1.54) is 12.6 Å². The molecule has 0 atom stereocenters. The van der Waals surface area contributed by atoms with Crippen LogP contribution in [0.3, 0.4) is 0 Å². The number of hydrogen-bond donors (Lipinski definition) is 2. The van der Waals surface area contributed by atoms with Crippen LogP contribution in [-0.2, 0) is 9.84 Å². The molecule has 0 unspecified atom stereocenters. The number of fused-ring (bicyclic) bond motifs is 1. The minimum atomic E-state index is -2.90. The van der Waals surface area contributed by atoms with Crippen LogP contribution >= 0.6 is 0 Å². The van der Waals surface area contributed by atoms with Gasteiger partial charge >= 0.3 is 0 Å². The number of sulfone groups is 1. The van der Waals surface area contributed by atoms with Crippen molar-refractivity contribution in [1.29, 1.82) is 0 Å². The molecular weight excluding hydrogens is 242 g/mol. The van der Waals surface area contributed by atoms with Gasteiger partial charge in [-0.1, -0.05) is 0 Å². The molecule has 0 aliphatic carbocycles. The molecule has 2 aromatic heterocycles. The van der Waals surface area contributed by atoms with Crippen LogP contribution in [0.1, 0.15) is 6.42 Å². The van der Waals surface area contributed by atoms with Crippen LogP contribution in [0, 0.1) is 0 Å². The summed E-state index contributed by atoms with van der Waals surface area (Å²) in [5, 5.41) is 3.06. The first kappa shape index (κ1) is 11.8. The van der Waals surface area contributed by atoms with Crippen LogP contribution in [0.25, 0.3) is 11.2 Å². The first-order valence-corrected chi connectivity index (χ1v) is 7.18. The van der Waals surface area contributed by atoms with Gasteiger partial charge in [0, 0.05) is 12.8 Å². The van der Waals surface area contributed by atoms with E-state index in [1.54, 1.807) is 6.33 Å². The van der Waals surface area contributed by atoms with Gasteiger partial charge in [-0.3, -0.25) is 0 Å². The third-order valence-corrected chi connectivity index (χ3v) is 3.24. The van der Waals surface area contributed by atoms with E-state index in [4.69, 9.17) is 0 Å². The monoisotopic (exact) mass is 255 g/mol. The minimum Gasteiger partial charge on any atom is -0.368 e. The lowest BCUT2D eigenvalue weighted by atomic mass is 10.4. The Morgan fingerprint density at radius 1 is 1.35 bits per heavy atom. The quantitative estimate of drug-likeness (QED) is 0.740. The van der Waals surface area contributed by atoms with E-state index in [0.717, 1.165) is 5.52 Å². The number of nitrogens with one attached hydrogen (secondary N) is 2. The zero-order valence-electron chi connectivity index (χ0n) is 9.34. The van der Waals surface area contributed by atoms with Gasteiger partial charge in [0.25, 0.3) is 0 Å². The van der Waals surface area contributed by atoms with Gasteiger partial charge in [-0.25, -0.2) is 23.4 Å². The fourth-order valence-electron chi connectivity index (χ4n) is 1.44. The maximum absolute atomic E-state index is 10.9. The summed E-state index contributed by atoms with van der Waals surface area (Å²) in [6.07, 6.45) is 4.73. The molecule has 0 saturated carbocycles. The van der Waals surface area contributed by atoms with Crippen molar-refractivity contribution in [1.82, 2.24) is 19.9 Å². The molecule has 0 aromatic carbocycles. The van der Waals surface area contributed by atoms with Crippen molar-refractivity contribution in [2.75, 3.05) is 23.9 Å². The van der Waals surface area contributed by atoms with Gasteiger partial charge in [-0.15, -0.1) is 0 Å². The lowest BCUT2D eigenvalue weighted by Gasteiger charge is -2.04. The second-order valence-corrected chi connectivity index (χ2v) is 5.99. The number of rotatable bonds is 5. The average Bonchev–Trinajstić information content (AvgIpc) is 2.71. The van der Waals surface area contributed by atoms with Gasteiger partial charge in [0.05, 0.1) is 12.1 Å². The number of hydrogen-bond acceptors (Lipinski definition) is 6. The second kappa shape index (κ2) is 4.66. The first-order chi connectivity index (χ1) is 8.06. The van der Waals surface area contributed by atoms with E-state index in [1.807, 2.05) is 0 Å². The van der Waals surface area contributed by atoms with Crippen molar-refractivity contribution in [3.63, 3.8) is 0 Å². The van der Waals surface area contributed by atoms with E-state index >= 15 is 0 Å². The van der Waals surface area contributed by atoms with Crippen LogP contribution in [0.5, 0.6) is 0 Å². The Kier molecular flexibility index (Phi) is 3.23. The van der Waals surface area contributed by atoms with Crippen molar-refractivity contribution in [3.05, 3.63) is 12.7 Å². The van der Waals surface area contributed by atoms with E-state index < -0.39 is 9.84 Å². The minimum absolute atomic E-state index is 0.164. The molecule has 92 valence electrons. The summed E-state index contributed by atoms with van der Waals surface area (Å²) in [5.41, 5.74) is 1.32. The number of anilines is 1. The molecule has 0 radical (unpaired) electrons. The number of H-pyrrole nitrogens is 1. The predicted octanol–water partition coefficient (Wildman–Crippen LogP) is 0.199. The van der Waals surface area contributed by atoms with Crippen LogP contribution in [-0.4, -0.2) is 46.9 Å². The van der Waals surface area contributed by atoms with Gasteiger partial charge in [0.15, 0.2) is 11.5 Å². The molecule has 0 spiro atoms. The van der Waals surface area contributed by atoms with E-state index in [9.17, 15) is 8.42 Å². The van der Waals surface area contributed by atoms with Crippen molar-refractivity contribution < 1.29 is 8.42 Å². The molecule has 2 aromatic rings. The lowest BCUT2D eigenvalue weighted by molar-refractivity contribution is 0.600. The fraction of sp³-hybridized carbons (Fsp3) is 0.444. The van der Waals surface area contributed by atoms with Gasteiger partial charge in [0.1, 0.15) is 21.7 Å². The molecule has 17 heavy (non-hydrogen) atoms. The Balaban J connectivity index is 1.97. The molecule has 2 rings (SSSR count). The SMILES string of the molecule is CS(=O)(=O)CCCNc1ncnc2nc[nH]c12. The predicted molar refractivity (Wildman–Crippen MR) is 64.5 cm³/mol.